The fourth-order valence-electron chi connectivity index (χ4n) is 1.09. The van der Waals surface area contributed by atoms with Gasteiger partial charge in [0.2, 0.25) is 0 Å². The highest BCUT2D eigenvalue weighted by molar-refractivity contribution is 5.96. The second kappa shape index (κ2) is 4.68. The van der Waals surface area contributed by atoms with Crippen LogP contribution in [-0.2, 0) is 4.79 Å². The van der Waals surface area contributed by atoms with E-state index in [2.05, 4.69) is 0 Å². The van der Waals surface area contributed by atoms with Gasteiger partial charge in [0.1, 0.15) is 6.61 Å². The number of aliphatic hydroxyl groups excluding tert-OH is 2. The van der Waals surface area contributed by atoms with Gasteiger partial charge in [-0.3, -0.25) is 4.79 Å². The molecular formula is C10H10O5. The highest BCUT2D eigenvalue weighted by Crippen LogP contribution is 2.14. The minimum atomic E-state index is -1.59. The second-order valence-corrected chi connectivity index (χ2v) is 2.94. The summed E-state index contributed by atoms with van der Waals surface area (Å²) in [6.45, 7) is -0.596. The maximum atomic E-state index is 11.0. The van der Waals surface area contributed by atoms with E-state index < -0.39 is 24.5 Å². The fraction of sp³-hybridized carbons (Fsp3) is 0.200. The molecule has 1 aromatic rings. The standard InChI is InChI=1S/C10H10O5/c11-5-8(12)6-1-3-7(4-2-6)9(13)10(14)15/h1-4,9,11,13H,5H2,(H,14,15). The molecule has 0 saturated carbocycles. The lowest BCUT2D eigenvalue weighted by molar-refractivity contribution is -0.146. The van der Waals surface area contributed by atoms with Gasteiger partial charge in [0, 0.05) is 5.56 Å². The van der Waals surface area contributed by atoms with Gasteiger partial charge < -0.3 is 15.3 Å². The Morgan fingerprint density at radius 2 is 1.73 bits per heavy atom. The normalized spacial score (nSPS) is 12.1. The molecule has 3 N–H and O–H groups in total. The molecule has 1 atom stereocenters. The summed E-state index contributed by atoms with van der Waals surface area (Å²) in [5, 5.41) is 26.2. The van der Waals surface area contributed by atoms with Crippen LogP contribution in [0.15, 0.2) is 24.3 Å². The molecule has 1 rings (SSSR count). The molecule has 0 aliphatic heterocycles. The topological polar surface area (TPSA) is 94.8 Å². The molecule has 0 aromatic heterocycles. The van der Waals surface area contributed by atoms with Crippen molar-refractivity contribution in [3.8, 4) is 0 Å². The van der Waals surface area contributed by atoms with Crippen molar-refractivity contribution in [1.29, 1.82) is 0 Å². The van der Waals surface area contributed by atoms with Crippen molar-refractivity contribution in [1.82, 2.24) is 0 Å². The number of carbonyl (C=O) groups excluding carboxylic acids is 1. The minimum Gasteiger partial charge on any atom is -0.479 e. The maximum absolute atomic E-state index is 11.0. The van der Waals surface area contributed by atoms with Crippen LogP contribution in [0.5, 0.6) is 0 Å². The van der Waals surface area contributed by atoms with Gasteiger partial charge in [-0.2, -0.15) is 0 Å². The minimum absolute atomic E-state index is 0.192. The van der Waals surface area contributed by atoms with Crippen LogP contribution in [0.1, 0.15) is 22.0 Å². The van der Waals surface area contributed by atoms with Crippen LogP contribution < -0.4 is 0 Å². The number of rotatable bonds is 4. The molecule has 80 valence electrons. The van der Waals surface area contributed by atoms with Crippen molar-refractivity contribution in [2.75, 3.05) is 6.61 Å². The van der Waals surface area contributed by atoms with Crippen molar-refractivity contribution in [2.24, 2.45) is 0 Å². The quantitative estimate of drug-likeness (QED) is 0.607. The molecule has 0 amide bonds. The second-order valence-electron chi connectivity index (χ2n) is 2.94. The molecular weight excluding hydrogens is 200 g/mol. The molecule has 5 nitrogen and oxygen atoms in total. The lowest BCUT2D eigenvalue weighted by Crippen LogP contribution is -2.11. The highest BCUT2D eigenvalue weighted by Gasteiger charge is 2.15. The van der Waals surface area contributed by atoms with E-state index in [9.17, 15) is 9.59 Å². The summed E-state index contributed by atoms with van der Waals surface area (Å²) in [4.78, 5) is 21.4. The van der Waals surface area contributed by atoms with E-state index in [0.717, 1.165) is 0 Å². The Kier molecular flexibility index (Phi) is 3.54. The van der Waals surface area contributed by atoms with Crippen molar-refractivity contribution >= 4 is 11.8 Å². The largest absolute Gasteiger partial charge is 0.479 e. The molecule has 0 saturated heterocycles. The van der Waals surface area contributed by atoms with Crippen molar-refractivity contribution < 1.29 is 24.9 Å². The van der Waals surface area contributed by atoms with Crippen LogP contribution >= 0.6 is 0 Å². The first-order valence-electron chi connectivity index (χ1n) is 4.21. The van der Waals surface area contributed by atoms with Crippen LogP contribution in [-0.4, -0.2) is 33.7 Å². The summed E-state index contributed by atoms with van der Waals surface area (Å²) in [6.07, 6.45) is -1.59. The molecule has 1 aromatic carbocycles. The third-order valence-corrected chi connectivity index (χ3v) is 1.93. The Balaban J connectivity index is 2.90. The zero-order valence-corrected chi connectivity index (χ0v) is 7.75. The van der Waals surface area contributed by atoms with Gasteiger partial charge in [-0.15, -0.1) is 0 Å². The Hall–Kier alpha value is -1.72. The first kappa shape index (κ1) is 11.4. The average molecular weight is 210 g/mol. The van der Waals surface area contributed by atoms with Gasteiger partial charge in [-0.1, -0.05) is 24.3 Å². The van der Waals surface area contributed by atoms with Gasteiger partial charge in [0.25, 0.3) is 0 Å². The number of hydrogen-bond acceptors (Lipinski definition) is 4. The van der Waals surface area contributed by atoms with Gasteiger partial charge in [-0.25, -0.2) is 4.79 Å². The molecule has 5 heteroatoms. The lowest BCUT2D eigenvalue weighted by atomic mass is 10.1. The van der Waals surface area contributed by atoms with Crippen molar-refractivity contribution in [3.05, 3.63) is 35.4 Å². The molecule has 0 radical (unpaired) electrons. The first-order valence-corrected chi connectivity index (χ1v) is 4.21. The maximum Gasteiger partial charge on any atom is 0.337 e. The van der Waals surface area contributed by atoms with Crippen LogP contribution in [0.25, 0.3) is 0 Å². The number of hydrogen-bond donors (Lipinski definition) is 3. The summed E-state index contributed by atoms with van der Waals surface area (Å²) in [7, 11) is 0. The van der Waals surface area contributed by atoms with Gasteiger partial charge in [-0.05, 0) is 5.56 Å². The van der Waals surface area contributed by atoms with Crippen LogP contribution in [0.4, 0.5) is 0 Å². The Labute approximate surface area is 85.6 Å². The van der Waals surface area contributed by atoms with Crippen molar-refractivity contribution in [3.63, 3.8) is 0 Å². The first-order chi connectivity index (χ1) is 7.06. The Bertz CT molecular complexity index is 368. The molecule has 0 aliphatic rings. The molecule has 0 heterocycles. The molecule has 0 spiro atoms. The summed E-state index contributed by atoms with van der Waals surface area (Å²) >= 11 is 0. The van der Waals surface area contributed by atoms with E-state index in [4.69, 9.17) is 15.3 Å². The smallest absolute Gasteiger partial charge is 0.337 e. The number of carboxylic acids is 1. The van der Waals surface area contributed by atoms with E-state index in [1.165, 1.54) is 24.3 Å². The number of aliphatic hydroxyl groups is 2. The number of aliphatic carboxylic acids is 1. The third-order valence-electron chi connectivity index (χ3n) is 1.93. The van der Waals surface area contributed by atoms with Gasteiger partial charge in [0.15, 0.2) is 11.9 Å². The molecule has 0 fully saturated rings. The predicted octanol–water partition coefficient (Wildman–Crippen LogP) is -0.0204. The van der Waals surface area contributed by atoms with Crippen molar-refractivity contribution in [2.45, 2.75) is 6.10 Å². The third kappa shape index (κ3) is 2.61. The van der Waals surface area contributed by atoms with E-state index in [1.54, 1.807) is 0 Å². The van der Waals surface area contributed by atoms with E-state index in [1.807, 2.05) is 0 Å². The summed E-state index contributed by atoms with van der Waals surface area (Å²) in [5.74, 6) is -1.80. The number of ketones is 1. The number of Topliss-reactive ketones (excluding diaryl/α,β-unsaturated/α-hetero) is 1. The average Bonchev–Trinajstić information content (AvgIpc) is 2.27. The summed E-state index contributed by atoms with van der Waals surface area (Å²) in [5.41, 5.74) is 0.468. The SMILES string of the molecule is O=C(CO)c1ccc(C(O)C(=O)O)cc1. The van der Waals surface area contributed by atoms with Crippen LogP contribution in [0.3, 0.4) is 0 Å². The molecule has 0 bridgehead atoms. The van der Waals surface area contributed by atoms with E-state index >= 15 is 0 Å². The van der Waals surface area contributed by atoms with Gasteiger partial charge in [0.05, 0.1) is 0 Å². The van der Waals surface area contributed by atoms with Gasteiger partial charge >= 0.3 is 5.97 Å². The fourth-order valence-corrected chi connectivity index (χ4v) is 1.09. The number of carbonyl (C=O) groups is 2. The molecule has 1 unspecified atom stereocenters. The number of benzene rings is 1. The predicted molar refractivity (Wildman–Crippen MR) is 50.5 cm³/mol. The molecule has 15 heavy (non-hydrogen) atoms. The van der Waals surface area contributed by atoms with E-state index in [-0.39, 0.29) is 11.1 Å². The van der Waals surface area contributed by atoms with E-state index in [0.29, 0.717) is 0 Å². The zero-order valence-electron chi connectivity index (χ0n) is 7.75. The summed E-state index contributed by atoms with van der Waals surface area (Å²) < 4.78 is 0. The van der Waals surface area contributed by atoms with Crippen LogP contribution in [0, 0.1) is 0 Å². The lowest BCUT2D eigenvalue weighted by Gasteiger charge is -2.05. The highest BCUT2D eigenvalue weighted by atomic mass is 16.4. The molecule has 0 aliphatic carbocycles. The Morgan fingerprint density at radius 3 is 2.13 bits per heavy atom. The Morgan fingerprint density at radius 1 is 1.20 bits per heavy atom. The monoisotopic (exact) mass is 210 g/mol. The number of carboxylic acid groups (broad SMARTS) is 1. The summed E-state index contributed by atoms with van der Waals surface area (Å²) in [6, 6.07) is 5.39. The van der Waals surface area contributed by atoms with Crippen LogP contribution in [0.2, 0.25) is 0 Å². The zero-order chi connectivity index (χ0) is 11.4.